The molecule has 35 heteroatoms. The van der Waals surface area contributed by atoms with Crippen molar-refractivity contribution in [2.75, 3.05) is 32.1 Å². The summed E-state index contributed by atoms with van der Waals surface area (Å²) in [6.07, 6.45) is -9.73. The summed E-state index contributed by atoms with van der Waals surface area (Å²) >= 11 is 0. The van der Waals surface area contributed by atoms with Gasteiger partial charge in [0.2, 0.25) is 65.0 Å². The quantitative estimate of drug-likeness (QED) is 0.0191. The van der Waals surface area contributed by atoms with Crippen molar-refractivity contribution in [3.63, 3.8) is 0 Å². The molecule has 0 unspecified atom stereocenters. The van der Waals surface area contributed by atoms with Gasteiger partial charge < -0.3 is 106 Å². The molecule has 1 aliphatic rings. The van der Waals surface area contributed by atoms with E-state index in [4.69, 9.17) is 37.1 Å². The molecule has 0 aliphatic carbocycles. The third kappa shape index (κ3) is 28.4. The zero-order valence-electron chi connectivity index (χ0n) is 59.2. The molecule has 0 spiro atoms. The number of nitrogens with zero attached hydrogens (tertiary/aromatic N) is 1. The third-order valence-electron chi connectivity index (χ3n) is 16.0. The molecule has 15 atom stereocenters. The largest absolute Gasteiger partial charge is 0.497 e. The van der Waals surface area contributed by atoms with Gasteiger partial charge in [0, 0.05) is 18.3 Å². The Balaban J connectivity index is 2.52. The zero-order chi connectivity index (χ0) is 76.1. The summed E-state index contributed by atoms with van der Waals surface area (Å²) in [7, 11) is 1.35. The van der Waals surface area contributed by atoms with Crippen LogP contribution in [-0.2, 0) is 67.0 Å². The minimum absolute atomic E-state index is 0.0288. The van der Waals surface area contributed by atoms with Crippen LogP contribution >= 0.6 is 0 Å². The summed E-state index contributed by atoms with van der Waals surface area (Å²) in [4.78, 5) is 191. The van der Waals surface area contributed by atoms with Crippen LogP contribution in [0, 0.1) is 29.6 Å². The monoisotopic (exact) mass is 1420 g/mol. The minimum Gasteiger partial charge on any atom is -0.497 e. The first-order valence-corrected chi connectivity index (χ1v) is 33.4. The van der Waals surface area contributed by atoms with Crippen molar-refractivity contribution >= 4 is 88.7 Å². The number of primary amides is 1. The highest BCUT2D eigenvalue weighted by Gasteiger charge is 2.44. The van der Waals surface area contributed by atoms with Gasteiger partial charge in [-0.1, -0.05) is 112 Å². The molecule has 2 aromatic carbocycles. The van der Waals surface area contributed by atoms with Crippen LogP contribution in [0.2, 0.25) is 0 Å². The van der Waals surface area contributed by atoms with Crippen molar-refractivity contribution in [1.82, 2.24) is 53.2 Å². The number of nitrogens with one attached hydrogen (secondary N) is 11. The Kier molecular flexibility index (Phi) is 35.3. The number of esters is 1. The number of rotatable bonds is 26. The predicted molar refractivity (Wildman–Crippen MR) is 367 cm³/mol. The lowest BCUT2D eigenvalue weighted by Crippen LogP contribution is -2.64. The highest BCUT2D eigenvalue weighted by Crippen LogP contribution is 2.26. The number of methoxy groups -OCH3 is 1. The molecule has 0 bridgehead atoms. The molecule has 2 aromatic rings. The van der Waals surface area contributed by atoms with E-state index in [1.54, 1.807) is 47.6 Å². The molecule has 1 fully saturated rings. The first-order valence-electron chi connectivity index (χ1n) is 33.4. The van der Waals surface area contributed by atoms with Crippen molar-refractivity contribution in [1.29, 1.82) is 0 Å². The first kappa shape index (κ1) is 85.5. The summed E-state index contributed by atoms with van der Waals surface area (Å²) < 4.78 is 16.8. The Morgan fingerprint density at radius 1 is 0.653 bits per heavy atom. The summed E-state index contributed by atoms with van der Waals surface area (Å²) in [5.41, 5.74) is 22.9. The minimum atomic E-state index is -2.65. The average molecular weight is 1430 g/mol. The molecule has 101 heavy (non-hydrogen) atoms. The van der Waals surface area contributed by atoms with Crippen molar-refractivity contribution in [3.05, 3.63) is 60.2 Å². The van der Waals surface area contributed by atoms with E-state index in [9.17, 15) is 58.5 Å². The molecule has 12 amide bonds. The number of anilines is 1. The van der Waals surface area contributed by atoms with Gasteiger partial charge in [0.15, 0.2) is 24.2 Å². The van der Waals surface area contributed by atoms with Gasteiger partial charge >= 0.3 is 12.1 Å². The van der Waals surface area contributed by atoms with Crippen LogP contribution in [-0.4, -0.2) is 204 Å². The van der Waals surface area contributed by atoms with E-state index in [1.807, 2.05) is 19.2 Å². The Morgan fingerprint density at radius 2 is 1.24 bits per heavy atom. The number of aliphatic imine (C=N–C) groups is 1. The number of ether oxygens (including phenoxy) is 3. The van der Waals surface area contributed by atoms with Crippen LogP contribution in [0.15, 0.2) is 59.6 Å². The molecule has 0 radical (unpaired) electrons. The molecule has 35 nitrogen and oxygen atoms in total. The molecule has 0 saturated carbocycles. The summed E-state index contributed by atoms with van der Waals surface area (Å²) in [6, 6.07) is -5.49. The van der Waals surface area contributed by atoms with E-state index >= 15 is 19.2 Å². The number of hydrogen-bond acceptors (Lipinski definition) is 21. The number of carbonyl (C=O) groups excluding carboxylic acids is 13. The number of carbonyl (C=O) groups is 13. The molecular weight excluding hydrogens is 1320 g/mol. The summed E-state index contributed by atoms with van der Waals surface area (Å²) in [5.74, 6) is -17.5. The fraction of sp³-hybridized carbons (Fsp3) is 0.606. The number of guanidine groups is 1. The van der Waals surface area contributed by atoms with Crippen LogP contribution < -0.4 is 86.2 Å². The van der Waals surface area contributed by atoms with Crippen LogP contribution in [0.1, 0.15) is 126 Å². The number of amides is 12. The molecule has 0 aromatic heterocycles. The highest BCUT2D eigenvalue weighted by atomic mass is 16.6. The Bertz CT molecular complexity index is 3190. The van der Waals surface area contributed by atoms with Gasteiger partial charge in [-0.05, 0) is 86.3 Å². The molecule has 3 rings (SSSR count). The normalized spacial score (nSPS) is 23.1. The number of nitrogens with two attached hydrogens (primary N) is 4. The van der Waals surface area contributed by atoms with Gasteiger partial charge in [-0.3, -0.25) is 63.0 Å². The van der Waals surface area contributed by atoms with Crippen LogP contribution in [0.3, 0.4) is 0 Å². The van der Waals surface area contributed by atoms with Crippen molar-refractivity contribution in [2.24, 2.45) is 57.5 Å². The van der Waals surface area contributed by atoms with E-state index in [0.717, 1.165) is 6.92 Å². The van der Waals surface area contributed by atoms with Gasteiger partial charge in [-0.15, -0.1) is 0 Å². The summed E-state index contributed by atoms with van der Waals surface area (Å²) in [5, 5.41) is 60.6. The lowest BCUT2D eigenvalue weighted by molar-refractivity contribution is -0.159. The molecule has 1 heterocycles. The molecule has 1 saturated heterocycles. The van der Waals surface area contributed by atoms with E-state index < -0.39 is 193 Å². The number of cyclic esters (lactones) is 1. The maximum atomic E-state index is 15.7. The first-order chi connectivity index (χ1) is 47.4. The molecule has 562 valence electrons. The topological polar surface area (TPSA) is 559 Å². The average Bonchev–Trinajstić information content (AvgIpc) is 0.813. The Morgan fingerprint density at radius 3 is 1.81 bits per heavy atom. The predicted octanol–water partition coefficient (Wildman–Crippen LogP) is -3.17. The van der Waals surface area contributed by atoms with Crippen LogP contribution in [0.4, 0.5) is 10.5 Å². The number of hydrogen-bond donors (Lipinski definition) is 18. The lowest BCUT2D eigenvalue weighted by Gasteiger charge is -2.34. The third-order valence-corrected chi connectivity index (χ3v) is 16.0. The van der Waals surface area contributed by atoms with Gasteiger partial charge in [0.25, 0.3) is 0 Å². The van der Waals surface area contributed by atoms with E-state index in [1.165, 1.54) is 69.5 Å². The second-order valence-corrected chi connectivity index (χ2v) is 26.3. The molecule has 22 N–H and O–H groups in total. The fourth-order valence-electron chi connectivity index (χ4n) is 10.3. The molecular formula is C66H104N16O19. The van der Waals surface area contributed by atoms with Crippen molar-refractivity contribution < 1.29 is 91.9 Å². The Labute approximate surface area is 586 Å². The van der Waals surface area contributed by atoms with E-state index in [2.05, 4.69) is 58.2 Å². The number of aliphatic hydroxyl groups excluding tert-OH is 3. The fourth-order valence-corrected chi connectivity index (χ4v) is 10.3. The maximum Gasteiger partial charge on any atom is 0.411 e. The second kappa shape index (κ2) is 41.7. The SMILES string of the molecule is CC[C@H](C)[C@@H]1NC(=O)[C@@H](CCCN=C(N)N)NC(=O)[C@H](CC(C)C)NC(=O)[C@H]([C@H](O)C(C)C)NC(=O)[C@@H](NC(=O)[C@H](CC(C)C)NC(=O)[C@H](N)CC(C)C)[C@@H](c2ccccc2)OC(=O)[C@H](COC(=O)Nc2cccc(OC)c2)NC(=O)[C@H]([C@H](O)C(N)=O)NC(=O)CNC(=O)[C@H]([C@H](C)O)NC1=O. The Hall–Kier alpha value is -9.74. The molecule has 1 aliphatic heterocycles. The van der Waals surface area contributed by atoms with Gasteiger partial charge in [-0.2, -0.15) is 0 Å². The smallest absolute Gasteiger partial charge is 0.411 e. The van der Waals surface area contributed by atoms with E-state index in [0.29, 0.717) is 0 Å². The zero-order valence-corrected chi connectivity index (χ0v) is 59.2. The van der Waals surface area contributed by atoms with Gasteiger partial charge in [0.05, 0.1) is 31.9 Å². The van der Waals surface area contributed by atoms with Gasteiger partial charge in [0.1, 0.15) is 60.7 Å². The van der Waals surface area contributed by atoms with Crippen LogP contribution in [0.25, 0.3) is 0 Å². The van der Waals surface area contributed by atoms with Crippen LogP contribution in [0.5, 0.6) is 5.75 Å². The standard InChI is InChI=1S/C66H104N16O19/c1-13-35(10)46-60(93)80-47(36(11)83)59(92)72-29-45(84)78-49(52(86)54(68)87)62(95)77-44(30-100-66(98)73-38-21-17-22-39(28-38)99-12)64(97)101-53(37-19-15-14-16-20-37)50(82-58(91)43(27-33(6)7)75-55(88)40(67)25-31(2)3)63(96)81-48(51(85)34(8)9)61(94)76-42(26-32(4)5)57(90)74-41(56(89)79-46)23-18-24-71-65(69)70/h14-17,19-22,28,31-36,40-44,46-53,83,85-86H,13,18,23-27,29-30,67H2,1-12H3,(H2,68,87)(H,72,92)(H,73,98)(H,74,90)(H,75,88)(H,76,94)(H,77,95)(H,78,84)(H,79,89)(H,80,93)(H,81,96)(H,82,91)(H4,69,70,71)/t35-,36-,40+,41+,42-,43-,44-,46-,47-,48-,49-,50-,51+,52-,53+/m0/s1. The van der Waals surface area contributed by atoms with E-state index in [-0.39, 0.29) is 79.9 Å². The van der Waals surface area contributed by atoms with Crippen molar-refractivity contribution in [3.8, 4) is 5.75 Å². The number of benzene rings is 2. The lowest BCUT2D eigenvalue weighted by atomic mass is 9.95. The second-order valence-electron chi connectivity index (χ2n) is 26.3. The maximum absolute atomic E-state index is 15.7. The van der Waals surface area contributed by atoms with Gasteiger partial charge in [-0.25, -0.2) is 9.59 Å². The summed E-state index contributed by atoms with van der Waals surface area (Å²) in [6.45, 7) is 15.3. The van der Waals surface area contributed by atoms with Crippen molar-refractivity contribution in [2.45, 2.75) is 200 Å². The highest BCUT2D eigenvalue weighted by molar-refractivity contribution is 6.00. The number of aliphatic hydroxyl groups is 3.